The van der Waals surface area contributed by atoms with Crippen molar-refractivity contribution in [3.8, 4) is 34.5 Å². The summed E-state index contributed by atoms with van der Waals surface area (Å²) in [5.41, 5.74) is 5.63. The molecule has 0 N–H and O–H groups in total. The molecule has 65 heavy (non-hydrogen) atoms. The van der Waals surface area contributed by atoms with Gasteiger partial charge in [0.2, 0.25) is 0 Å². The Morgan fingerprint density at radius 2 is 0.892 bits per heavy atom. The maximum absolute atomic E-state index is 13.7. The molecule has 0 aromatic heterocycles. The third kappa shape index (κ3) is 7.52. The first kappa shape index (κ1) is 41.2. The molecule has 0 saturated heterocycles. The largest absolute Gasteiger partial charge is 0.478 e. The van der Waals surface area contributed by atoms with Gasteiger partial charge in [-0.1, -0.05) is 50.3 Å². The van der Waals surface area contributed by atoms with Crippen molar-refractivity contribution in [1.29, 1.82) is 0 Å². The van der Waals surface area contributed by atoms with E-state index in [0.717, 1.165) is 33.8 Å². The molecular formula is C53H44N4O8. The summed E-state index contributed by atoms with van der Waals surface area (Å²) in [5.74, 6) is 1.88. The maximum Gasteiger partial charge on any atom is 0.266 e. The number of ether oxygens (including phenoxy) is 4. The molecule has 4 aliphatic heterocycles. The first-order valence-corrected chi connectivity index (χ1v) is 21.3. The zero-order chi connectivity index (χ0) is 45.0. The third-order valence-electron chi connectivity index (χ3n) is 12.3. The SMILES string of the molecule is C=CCN1COc2ccc(N3C(=O)c4ccc(Oc5ccc(C(C)(C)c6ccc(Oc7ccc8c(c7)C(=O)N(c7ccc9c(c7)CN(CC=C)CO9)C8=O)cc6)cc5)cc4C3=O)cc2C1. The van der Waals surface area contributed by atoms with Gasteiger partial charge in [-0.2, -0.15) is 0 Å². The molecule has 0 atom stereocenters. The second-order valence-corrected chi connectivity index (χ2v) is 16.9. The lowest BCUT2D eigenvalue weighted by Crippen LogP contribution is -2.33. The van der Waals surface area contributed by atoms with Crippen LogP contribution in [0.4, 0.5) is 11.4 Å². The van der Waals surface area contributed by atoms with Crippen molar-refractivity contribution in [2.75, 3.05) is 36.4 Å². The van der Waals surface area contributed by atoms with Crippen LogP contribution in [0.5, 0.6) is 34.5 Å². The molecule has 0 spiro atoms. The summed E-state index contributed by atoms with van der Waals surface area (Å²) < 4.78 is 24.1. The monoisotopic (exact) mass is 864 g/mol. The standard InChI is InChI=1S/C53H44N4O8/c1-5-23-54-29-33-25-37(11-21-47(33)62-31-54)56-49(58)43-19-17-41(27-45(43)51(56)60)64-39-13-7-35(8-14-39)53(3,4)36-9-15-40(16-10-36)65-42-18-20-44-46(28-42)52(61)57(50(44)59)38-12-22-48-34(26-38)30-55(24-6-2)32-63-48/h5-22,25-28H,1-2,23-24,29-32H2,3-4H3. The molecule has 0 bridgehead atoms. The number of benzene rings is 6. The highest BCUT2D eigenvalue weighted by Gasteiger charge is 2.39. The fourth-order valence-electron chi connectivity index (χ4n) is 8.79. The van der Waals surface area contributed by atoms with E-state index in [9.17, 15) is 19.2 Å². The highest BCUT2D eigenvalue weighted by Crippen LogP contribution is 2.39. The van der Waals surface area contributed by atoms with E-state index in [2.05, 4.69) is 36.8 Å². The molecule has 324 valence electrons. The molecule has 10 rings (SSSR count). The average molecular weight is 865 g/mol. The average Bonchev–Trinajstić information content (AvgIpc) is 3.71. The molecule has 12 nitrogen and oxygen atoms in total. The number of nitrogens with zero attached hydrogens (tertiary/aromatic N) is 4. The number of rotatable bonds is 12. The van der Waals surface area contributed by atoms with E-state index >= 15 is 0 Å². The second kappa shape index (κ2) is 16.4. The lowest BCUT2D eigenvalue weighted by atomic mass is 9.78. The Kier molecular flexibility index (Phi) is 10.4. The summed E-state index contributed by atoms with van der Waals surface area (Å²) >= 11 is 0. The highest BCUT2D eigenvalue weighted by atomic mass is 16.5. The van der Waals surface area contributed by atoms with Crippen LogP contribution in [0, 0.1) is 0 Å². The summed E-state index contributed by atoms with van der Waals surface area (Å²) in [5, 5.41) is 0. The van der Waals surface area contributed by atoms with Crippen molar-refractivity contribution in [1.82, 2.24) is 9.80 Å². The van der Waals surface area contributed by atoms with Gasteiger partial charge in [-0.15, -0.1) is 13.2 Å². The number of carbonyl (C=O) groups excluding carboxylic acids is 4. The number of imide groups is 2. The van der Waals surface area contributed by atoms with Crippen LogP contribution in [0.1, 0.15) is 77.5 Å². The lowest BCUT2D eigenvalue weighted by Gasteiger charge is -2.28. The number of hydrogen-bond donors (Lipinski definition) is 0. The van der Waals surface area contributed by atoms with Crippen LogP contribution < -0.4 is 28.7 Å². The van der Waals surface area contributed by atoms with Crippen LogP contribution in [0.25, 0.3) is 0 Å². The minimum absolute atomic E-state index is 0.278. The topological polar surface area (TPSA) is 118 Å². The number of hydrogen-bond acceptors (Lipinski definition) is 10. The molecule has 0 aliphatic carbocycles. The minimum atomic E-state index is -0.413. The zero-order valence-corrected chi connectivity index (χ0v) is 35.9. The van der Waals surface area contributed by atoms with Gasteiger partial charge in [0.25, 0.3) is 23.6 Å². The molecule has 0 radical (unpaired) electrons. The molecular weight excluding hydrogens is 821 g/mol. The molecule has 0 saturated carbocycles. The molecule has 12 heteroatoms. The molecule has 4 aliphatic rings. The Labute approximate surface area is 376 Å². The van der Waals surface area contributed by atoms with Gasteiger partial charge < -0.3 is 18.9 Å². The van der Waals surface area contributed by atoms with Crippen LogP contribution >= 0.6 is 0 Å². The van der Waals surface area contributed by atoms with Gasteiger partial charge >= 0.3 is 0 Å². The predicted molar refractivity (Wildman–Crippen MR) is 245 cm³/mol. The molecule has 6 aromatic rings. The van der Waals surface area contributed by atoms with Crippen LogP contribution in [-0.4, -0.2) is 60.0 Å². The normalized spacial score (nSPS) is 15.7. The maximum atomic E-state index is 13.7. The fourth-order valence-corrected chi connectivity index (χ4v) is 8.79. The lowest BCUT2D eigenvalue weighted by molar-refractivity contribution is 0.0909. The van der Waals surface area contributed by atoms with Crippen LogP contribution in [-0.2, 0) is 18.5 Å². The van der Waals surface area contributed by atoms with E-state index in [1.165, 1.54) is 9.80 Å². The fraction of sp³-hybridized carbons (Fsp3) is 0.170. The van der Waals surface area contributed by atoms with Crippen LogP contribution in [0.3, 0.4) is 0 Å². The van der Waals surface area contributed by atoms with Gasteiger partial charge in [-0.25, -0.2) is 9.80 Å². The van der Waals surface area contributed by atoms with E-state index in [1.807, 2.05) is 72.8 Å². The molecule has 0 fully saturated rings. The second-order valence-electron chi connectivity index (χ2n) is 16.9. The highest BCUT2D eigenvalue weighted by molar-refractivity contribution is 6.35. The van der Waals surface area contributed by atoms with Gasteiger partial charge in [-0.05, 0) is 108 Å². The number of carbonyl (C=O) groups is 4. The zero-order valence-electron chi connectivity index (χ0n) is 35.9. The van der Waals surface area contributed by atoms with Gasteiger partial charge in [0.05, 0.1) is 33.6 Å². The van der Waals surface area contributed by atoms with Gasteiger partial charge in [0.15, 0.2) is 0 Å². The molecule has 4 heterocycles. The third-order valence-corrected chi connectivity index (χ3v) is 12.3. The number of anilines is 2. The summed E-state index contributed by atoms with van der Waals surface area (Å²) in [6, 6.07) is 36.1. The van der Waals surface area contributed by atoms with Gasteiger partial charge in [0, 0.05) is 42.7 Å². The van der Waals surface area contributed by atoms with Crippen molar-refractivity contribution in [2.24, 2.45) is 0 Å². The summed E-state index contributed by atoms with van der Waals surface area (Å²) in [6.07, 6.45) is 3.62. The van der Waals surface area contributed by atoms with Gasteiger partial charge in [-0.3, -0.25) is 29.0 Å². The Bertz CT molecular complexity index is 2760. The predicted octanol–water partition coefficient (Wildman–Crippen LogP) is 9.87. The first-order valence-electron chi connectivity index (χ1n) is 21.3. The van der Waals surface area contributed by atoms with Crippen LogP contribution in [0.2, 0.25) is 0 Å². The van der Waals surface area contributed by atoms with Crippen LogP contribution in [0.15, 0.2) is 147 Å². The van der Waals surface area contributed by atoms with Crippen molar-refractivity contribution in [3.05, 3.63) is 191 Å². The van der Waals surface area contributed by atoms with Crippen molar-refractivity contribution in [2.45, 2.75) is 32.4 Å². The number of amides is 4. The summed E-state index contributed by atoms with van der Waals surface area (Å²) in [4.78, 5) is 60.9. The van der Waals surface area contributed by atoms with E-state index in [0.29, 0.717) is 85.1 Å². The Hall–Kier alpha value is -7.80. The van der Waals surface area contributed by atoms with Crippen molar-refractivity contribution >= 4 is 35.0 Å². The van der Waals surface area contributed by atoms with E-state index in [1.54, 1.807) is 60.7 Å². The molecule has 6 aromatic carbocycles. The molecule has 4 amide bonds. The number of fused-ring (bicyclic) bond motifs is 4. The first-order chi connectivity index (χ1) is 31.5. The van der Waals surface area contributed by atoms with Crippen molar-refractivity contribution in [3.63, 3.8) is 0 Å². The quantitative estimate of drug-likeness (QED) is 0.0869. The van der Waals surface area contributed by atoms with Crippen molar-refractivity contribution < 1.29 is 38.1 Å². The van der Waals surface area contributed by atoms with E-state index in [-0.39, 0.29) is 22.9 Å². The molecule has 0 unspecified atom stereocenters. The minimum Gasteiger partial charge on any atom is -0.478 e. The summed E-state index contributed by atoms with van der Waals surface area (Å²) in [7, 11) is 0. The Balaban J connectivity index is 0.786. The van der Waals surface area contributed by atoms with E-state index in [4.69, 9.17) is 18.9 Å². The Morgan fingerprint density at radius 3 is 1.29 bits per heavy atom. The Morgan fingerprint density at radius 1 is 0.508 bits per heavy atom. The smallest absolute Gasteiger partial charge is 0.266 e. The van der Waals surface area contributed by atoms with E-state index < -0.39 is 17.2 Å². The summed E-state index contributed by atoms with van der Waals surface area (Å²) in [6.45, 7) is 15.3. The van der Waals surface area contributed by atoms with Gasteiger partial charge in [0.1, 0.15) is 48.0 Å².